The molecule has 0 atom stereocenters. The van der Waals surface area contributed by atoms with Gasteiger partial charge in [-0.15, -0.1) is 0 Å². The third-order valence-corrected chi connectivity index (χ3v) is 4.29. The van der Waals surface area contributed by atoms with Gasteiger partial charge in [0.05, 0.1) is 5.56 Å². The molecule has 5 heteroatoms. The molecule has 1 aromatic rings. The second-order valence-corrected chi connectivity index (χ2v) is 6.33. The maximum Gasteiger partial charge on any atom is 0.255 e. The summed E-state index contributed by atoms with van der Waals surface area (Å²) in [6, 6.07) is 5.02. The molecule has 0 unspecified atom stereocenters. The minimum atomic E-state index is -0.209. The second-order valence-electron chi connectivity index (χ2n) is 5.09. The zero-order valence-electron chi connectivity index (χ0n) is 10.9. The Hall–Kier alpha value is -0.820. The lowest BCUT2D eigenvalue weighted by molar-refractivity contribution is 0.0935. The molecular weight excluding hydrogens is 357 g/mol. The van der Waals surface area contributed by atoms with Crippen molar-refractivity contribution in [2.75, 3.05) is 20.3 Å². The van der Waals surface area contributed by atoms with Crippen LogP contribution in [0.1, 0.15) is 29.6 Å². The van der Waals surface area contributed by atoms with Gasteiger partial charge in [0.2, 0.25) is 0 Å². The number of carbonyl (C=O) groups is 1. The van der Waals surface area contributed by atoms with Gasteiger partial charge >= 0.3 is 0 Å². The number of phenols is 1. The molecule has 1 amide bonds. The fourth-order valence-electron chi connectivity index (χ4n) is 2.06. The summed E-state index contributed by atoms with van der Waals surface area (Å²) < 4.78 is 6.02. The highest BCUT2D eigenvalue weighted by atomic mass is 127. The number of carbonyl (C=O) groups excluding carboxylic acids is 1. The number of phenolic OH excluding ortho intramolecular Hbond substituents is 1. The molecular formula is C14H18INO3. The lowest BCUT2D eigenvalue weighted by atomic mass is 10.0. The van der Waals surface area contributed by atoms with E-state index in [4.69, 9.17) is 4.74 Å². The van der Waals surface area contributed by atoms with E-state index in [1.165, 1.54) is 0 Å². The molecule has 1 aliphatic rings. The first-order valence-corrected chi connectivity index (χ1v) is 7.40. The number of benzene rings is 1. The maximum atomic E-state index is 12.1. The van der Waals surface area contributed by atoms with Gasteiger partial charge in [0.15, 0.2) is 0 Å². The number of methoxy groups -OCH3 is 1. The maximum absolute atomic E-state index is 12.1. The summed E-state index contributed by atoms with van der Waals surface area (Å²) in [5.74, 6) is -0.181. The normalized spacial score (nSPS) is 16.1. The minimum Gasteiger partial charge on any atom is -0.507 e. The van der Waals surface area contributed by atoms with Gasteiger partial charge in [-0.3, -0.25) is 4.79 Å². The molecule has 0 aliphatic heterocycles. The average Bonchev–Trinajstić information content (AvgIpc) is 3.17. The minimum absolute atomic E-state index is 0.0275. The van der Waals surface area contributed by atoms with Gasteiger partial charge < -0.3 is 15.2 Å². The highest BCUT2D eigenvalue weighted by Gasteiger charge is 2.42. The monoisotopic (exact) mass is 375 g/mol. The van der Waals surface area contributed by atoms with E-state index in [0.717, 1.165) is 29.4 Å². The van der Waals surface area contributed by atoms with Crippen LogP contribution in [0.25, 0.3) is 0 Å². The molecule has 4 nitrogen and oxygen atoms in total. The fourth-order valence-corrected chi connectivity index (χ4v) is 2.55. The zero-order valence-corrected chi connectivity index (χ0v) is 13.1. The lowest BCUT2D eigenvalue weighted by Crippen LogP contribution is -2.30. The zero-order chi connectivity index (χ0) is 13.9. The van der Waals surface area contributed by atoms with E-state index < -0.39 is 0 Å². The molecule has 19 heavy (non-hydrogen) atoms. The summed E-state index contributed by atoms with van der Waals surface area (Å²) in [5.41, 5.74) is 0.554. The van der Waals surface area contributed by atoms with Crippen molar-refractivity contribution in [2.45, 2.75) is 19.3 Å². The Morgan fingerprint density at radius 3 is 2.89 bits per heavy atom. The van der Waals surface area contributed by atoms with Crippen molar-refractivity contribution >= 4 is 28.5 Å². The highest BCUT2D eigenvalue weighted by Crippen LogP contribution is 2.48. The number of nitrogens with one attached hydrogen (secondary N) is 1. The second kappa shape index (κ2) is 6.09. The van der Waals surface area contributed by atoms with E-state index in [2.05, 4.69) is 27.9 Å². The number of rotatable bonds is 6. The Morgan fingerprint density at radius 1 is 1.53 bits per heavy atom. The van der Waals surface area contributed by atoms with Crippen molar-refractivity contribution in [3.05, 3.63) is 27.3 Å². The van der Waals surface area contributed by atoms with Crippen molar-refractivity contribution in [3.8, 4) is 5.75 Å². The third kappa shape index (κ3) is 3.82. The first-order chi connectivity index (χ1) is 9.06. The van der Waals surface area contributed by atoms with Crippen LogP contribution in [0.5, 0.6) is 5.75 Å². The quantitative estimate of drug-likeness (QED) is 0.752. The van der Waals surface area contributed by atoms with E-state index in [-0.39, 0.29) is 17.1 Å². The Balaban J connectivity index is 1.93. The number of aromatic hydroxyl groups is 1. The molecule has 1 aliphatic carbocycles. The number of hydrogen-bond acceptors (Lipinski definition) is 3. The Labute approximate surface area is 126 Å². The topological polar surface area (TPSA) is 58.6 Å². The highest BCUT2D eigenvalue weighted by molar-refractivity contribution is 14.1. The van der Waals surface area contributed by atoms with Crippen molar-refractivity contribution in [1.82, 2.24) is 5.32 Å². The van der Waals surface area contributed by atoms with Crippen molar-refractivity contribution < 1.29 is 14.6 Å². The van der Waals surface area contributed by atoms with Gasteiger partial charge in [0, 0.05) is 23.8 Å². The van der Waals surface area contributed by atoms with Crippen LogP contribution in [0, 0.1) is 8.99 Å². The van der Waals surface area contributed by atoms with E-state index in [9.17, 15) is 9.90 Å². The van der Waals surface area contributed by atoms with Crippen LogP contribution in [-0.4, -0.2) is 31.3 Å². The molecule has 2 rings (SSSR count). The molecule has 2 N–H and O–H groups in total. The third-order valence-electron chi connectivity index (χ3n) is 3.62. The fraction of sp³-hybridized carbons (Fsp3) is 0.500. The molecule has 0 saturated heterocycles. The van der Waals surface area contributed by atoms with E-state index in [1.54, 1.807) is 25.3 Å². The van der Waals surface area contributed by atoms with E-state index >= 15 is 0 Å². The SMILES string of the molecule is COCCC1(CNC(=O)c2cc(I)ccc2O)CC1. The summed E-state index contributed by atoms with van der Waals surface area (Å²) in [6.07, 6.45) is 3.24. The average molecular weight is 375 g/mol. The van der Waals surface area contributed by atoms with Gasteiger partial charge in [-0.25, -0.2) is 0 Å². The molecule has 1 fully saturated rings. The Kier molecular flexibility index (Phi) is 4.67. The molecule has 1 saturated carbocycles. The van der Waals surface area contributed by atoms with Gasteiger partial charge in [-0.2, -0.15) is 0 Å². The summed E-state index contributed by atoms with van der Waals surface area (Å²) in [6.45, 7) is 1.38. The number of halogens is 1. The van der Waals surface area contributed by atoms with Crippen molar-refractivity contribution in [1.29, 1.82) is 0 Å². The predicted octanol–water partition coefficient (Wildman–Crippen LogP) is 2.54. The van der Waals surface area contributed by atoms with Crippen LogP contribution < -0.4 is 5.32 Å². The summed E-state index contributed by atoms with van der Waals surface area (Å²) in [5, 5.41) is 12.6. The summed E-state index contributed by atoms with van der Waals surface area (Å²) >= 11 is 2.12. The van der Waals surface area contributed by atoms with Crippen LogP contribution in [0.2, 0.25) is 0 Å². The van der Waals surface area contributed by atoms with Crippen LogP contribution in [0.15, 0.2) is 18.2 Å². The van der Waals surface area contributed by atoms with Crippen LogP contribution in [0.4, 0.5) is 0 Å². The summed E-state index contributed by atoms with van der Waals surface area (Å²) in [4.78, 5) is 12.1. The standard InChI is InChI=1S/C14H18INO3/c1-19-7-6-14(4-5-14)9-16-13(18)11-8-10(15)2-3-12(11)17/h2-3,8,17H,4-7,9H2,1H3,(H,16,18). The molecule has 0 radical (unpaired) electrons. The number of hydrogen-bond donors (Lipinski definition) is 2. The molecule has 0 spiro atoms. The Morgan fingerprint density at radius 2 is 2.26 bits per heavy atom. The first kappa shape index (κ1) is 14.6. The summed E-state index contributed by atoms with van der Waals surface area (Å²) in [7, 11) is 1.69. The predicted molar refractivity (Wildman–Crippen MR) is 81.3 cm³/mol. The molecule has 0 heterocycles. The van der Waals surface area contributed by atoms with E-state index in [0.29, 0.717) is 12.1 Å². The largest absolute Gasteiger partial charge is 0.507 e. The molecule has 104 valence electrons. The Bertz CT molecular complexity index is 472. The lowest BCUT2D eigenvalue weighted by Gasteiger charge is -2.15. The molecule has 0 aromatic heterocycles. The van der Waals surface area contributed by atoms with Crippen LogP contribution >= 0.6 is 22.6 Å². The van der Waals surface area contributed by atoms with Crippen LogP contribution in [-0.2, 0) is 4.74 Å². The van der Waals surface area contributed by atoms with Gasteiger partial charge in [-0.1, -0.05) is 0 Å². The van der Waals surface area contributed by atoms with Gasteiger partial charge in [0.1, 0.15) is 5.75 Å². The number of amides is 1. The van der Waals surface area contributed by atoms with Crippen molar-refractivity contribution in [3.63, 3.8) is 0 Å². The molecule has 1 aromatic carbocycles. The molecule has 0 bridgehead atoms. The smallest absolute Gasteiger partial charge is 0.255 e. The van der Waals surface area contributed by atoms with Gasteiger partial charge in [-0.05, 0) is 65.5 Å². The first-order valence-electron chi connectivity index (χ1n) is 6.32. The van der Waals surface area contributed by atoms with Gasteiger partial charge in [0.25, 0.3) is 5.91 Å². The van der Waals surface area contributed by atoms with Crippen molar-refractivity contribution in [2.24, 2.45) is 5.41 Å². The van der Waals surface area contributed by atoms with Crippen LogP contribution in [0.3, 0.4) is 0 Å². The van der Waals surface area contributed by atoms with E-state index in [1.807, 2.05) is 0 Å². The number of ether oxygens (including phenoxy) is 1.